The van der Waals surface area contributed by atoms with Crippen molar-refractivity contribution in [2.75, 3.05) is 7.11 Å². The van der Waals surface area contributed by atoms with Gasteiger partial charge in [-0.05, 0) is 31.9 Å². The van der Waals surface area contributed by atoms with Gasteiger partial charge in [-0.3, -0.25) is 4.79 Å². The van der Waals surface area contributed by atoms with Crippen molar-refractivity contribution in [2.24, 2.45) is 0 Å². The summed E-state index contributed by atoms with van der Waals surface area (Å²) in [4.78, 5) is 12.0. The molecule has 0 bridgehead atoms. The third-order valence-electron chi connectivity index (χ3n) is 3.23. The number of amides is 1. The molecule has 4 heteroatoms. The Labute approximate surface area is 120 Å². The van der Waals surface area contributed by atoms with Gasteiger partial charge in [-0.2, -0.15) is 5.26 Å². The third-order valence-corrected chi connectivity index (χ3v) is 3.23. The van der Waals surface area contributed by atoms with Gasteiger partial charge in [0.1, 0.15) is 11.3 Å². The normalized spacial score (nSPS) is 14.1. The summed E-state index contributed by atoms with van der Waals surface area (Å²) in [6, 6.07) is 9.60. The zero-order chi connectivity index (χ0) is 15.2. The second-order valence-electron chi connectivity index (χ2n) is 4.81. The summed E-state index contributed by atoms with van der Waals surface area (Å²) < 4.78 is 5.27. The van der Waals surface area contributed by atoms with E-state index < -0.39 is 5.54 Å². The predicted octanol–water partition coefficient (Wildman–Crippen LogP) is 2.91. The van der Waals surface area contributed by atoms with E-state index in [0.717, 1.165) is 11.1 Å². The molecule has 1 rings (SSSR count). The average Bonchev–Trinajstić information content (AvgIpc) is 2.46. The summed E-state index contributed by atoms with van der Waals surface area (Å²) in [6.07, 6.45) is 2.04. The van der Waals surface area contributed by atoms with Gasteiger partial charge >= 0.3 is 0 Å². The monoisotopic (exact) mass is 272 g/mol. The van der Waals surface area contributed by atoms with Gasteiger partial charge in [0.05, 0.1) is 13.2 Å². The Balaban J connectivity index is 2.94. The van der Waals surface area contributed by atoms with Crippen molar-refractivity contribution >= 4 is 11.5 Å². The number of hydrogen-bond donors (Lipinski definition) is 1. The van der Waals surface area contributed by atoms with Gasteiger partial charge in [-0.15, -0.1) is 0 Å². The highest BCUT2D eigenvalue weighted by Gasteiger charge is 2.22. The first-order chi connectivity index (χ1) is 9.45. The van der Waals surface area contributed by atoms with Gasteiger partial charge in [0.25, 0.3) is 0 Å². The zero-order valence-corrected chi connectivity index (χ0v) is 12.4. The van der Waals surface area contributed by atoms with Crippen LogP contribution in [0, 0.1) is 11.3 Å². The highest BCUT2D eigenvalue weighted by molar-refractivity contribution is 5.96. The Morgan fingerprint density at radius 3 is 2.70 bits per heavy atom. The molecule has 0 fully saturated rings. The number of hydrogen-bond acceptors (Lipinski definition) is 3. The molecule has 1 atom stereocenters. The summed E-state index contributed by atoms with van der Waals surface area (Å²) in [5.74, 6) is 0.437. The Morgan fingerprint density at radius 2 is 2.15 bits per heavy atom. The Kier molecular flexibility index (Phi) is 5.33. The lowest BCUT2D eigenvalue weighted by molar-refractivity contribution is -0.117. The number of nitrogens with zero attached hydrogens (tertiary/aromatic N) is 1. The second-order valence-corrected chi connectivity index (χ2v) is 4.81. The van der Waals surface area contributed by atoms with E-state index in [-0.39, 0.29) is 5.91 Å². The number of rotatable bonds is 5. The van der Waals surface area contributed by atoms with Crippen molar-refractivity contribution in [2.45, 2.75) is 32.7 Å². The summed E-state index contributed by atoms with van der Waals surface area (Å²) in [5.41, 5.74) is 0.811. The van der Waals surface area contributed by atoms with Crippen molar-refractivity contribution in [1.29, 1.82) is 5.26 Å². The smallest absolute Gasteiger partial charge is 0.245 e. The van der Waals surface area contributed by atoms with Gasteiger partial charge in [-0.1, -0.05) is 25.1 Å². The van der Waals surface area contributed by atoms with Crippen LogP contribution in [-0.4, -0.2) is 18.6 Å². The van der Waals surface area contributed by atoms with Crippen LogP contribution in [0.5, 0.6) is 5.75 Å². The number of nitrogens with one attached hydrogen (secondary N) is 1. The van der Waals surface area contributed by atoms with Crippen molar-refractivity contribution in [3.8, 4) is 11.8 Å². The summed E-state index contributed by atoms with van der Waals surface area (Å²) >= 11 is 0. The molecule has 4 nitrogen and oxygen atoms in total. The standard InChI is InChI=1S/C16H20N2O2/c1-5-16(3,11-17)18-15(19)10-12(2)13-8-6-7-9-14(13)20-4/h6-10H,5H2,1-4H3,(H,18,19)/b12-10+. The lowest BCUT2D eigenvalue weighted by Gasteiger charge is -2.20. The molecule has 0 radical (unpaired) electrons. The molecule has 0 heterocycles. The number of carbonyl (C=O) groups is 1. The lowest BCUT2D eigenvalue weighted by Crippen LogP contribution is -2.43. The number of carbonyl (C=O) groups excluding carboxylic acids is 1. The average molecular weight is 272 g/mol. The zero-order valence-electron chi connectivity index (χ0n) is 12.4. The Hall–Kier alpha value is -2.28. The van der Waals surface area contributed by atoms with E-state index in [1.54, 1.807) is 14.0 Å². The first-order valence-corrected chi connectivity index (χ1v) is 6.51. The van der Waals surface area contributed by atoms with Gasteiger partial charge in [0.2, 0.25) is 5.91 Å². The van der Waals surface area contributed by atoms with Crippen LogP contribution in [0.3, 0.4) is 0 Å². The maximum atomic E-state index is 12.0. The highest BCUT2D eigenvalue weighted by atomic mass is 16.5. The molecule has 1 unspecified atom stereocenters. The summed E-state index contributed by atoms with van der Waals surface area (Å²) in [5, 5.41) is 11.8. The lowest BCUT2D eigenvalue weighted by atomic mass is 10.0. The molecule has 0 aliphatic carbocycles. The molecule has 1 N–H and O–H groups in total. The van der Waals surface area contributed by atoms with E-state index in [0.29, 0.717) is 12.2 Å². The molecule has 0 aromatic heterocycles. The molecular formula is C16H20N2O2. The van der Waals surface area contributed by atoms with Crippen LogP contribution in [0.2, 0.25) is 0 Å². The third kappa shape index (κ3) is 3.86. The van der Waals surface area contributed by atoms with E-state index in [2.05, 4.69) is 11.4 Å². The topological polar surface area (TPSA) is 62.1 Å². The fourth-order valence-electron chi connectivity index (χ4n) is 1.75. The van der Waals surface area contributed by atoms with Crippen molar-refractivity contribution in [3.05, 3.63) is 35.9 Å². The van der Waals surface area contributed by atoms with Crippen LogP contribution in [-0.2, 0) is 4.79 Å². The van der Waals surface area contributed by atoms with Crippen LogP contribution < -0.4 is 10.1 Å². The van der Waals surface area contributed by atoms with Crippen molar-refractivity contribution in [1.82, 2.24) is 5.32 Å². The molecule has 0 saturated heterocycles. The minimum atomic E-state index is -0.839. The molecule has 0 saturated carbocycles. The number of ether oxygens (including phenoxy) is 1. The molecular weight excluding hydrogens is 252 g/mol. The maximum absolute atomic E-state index is 12.0. The van der Waals surface area contributed by atoms with Crippen LogP contribution in [0.25, 0.3) is 5.57 Å². The quantitative estimate of drug-likeness (QED) is 0.838. The first kappa shape index (κ1) is 15.8. The van der Waals surface area contributed by atoms with Crippen LogP contribution in [0.1, 0.15) is 32.8 Å². The van der Waals surface area contributed by atoms with Gasteiger partial charge in [0.15, 0.2) is 0 Å². The first-order valence-electron chi connectivity index (χ1n) is 6.51. The minimum Gasteiger partial charge on any atom is -0.496 e. The fraction of sp³-hybridized carbons (Fsp3) is 0.375. The van der Waals surface area contributed by atoms with Crippen LogP contribution in [0.4, 0.5) is 0 Å². The summed E-state index contributed by atoms with van der Waals surface area (Å²) in [7, 11) is 1.59. The van der Waals surface area contributed by atoms with Gasteiger partial charge in [0, 0.05) is 11.6 Å². The number of para-hydroxylation sites is 1. The second kappa shape index (κ2) is 6.76. The van der Waals surface area contributed by atoms with E-state index in [9.17, 15) is 4.79 Å². The minimum absolute atomic E-state index is 0.278. The predicted molar refractivity (Wildman–Crippen MR) is 79.1 cm³/mol. The van der Waals surface area contributed by atoms with Gasteiger partial charge in [-0.25, -0.2) is 0 Å². The molecule has 20 heavy (non-hydrogen) atoms. The molecule has 106 valence electrons. The molecule has 0 aliphatic rings. The van der Waals surface area contributed by atoms with Crippen molar-refractivity contribution < 1.29 is 9.53 Å². The maximum Gasteiger partial charge on any atom is 0.245 e. The molecule has 0 aliphatic heterocycles. The number of allylic oxidation sites excluding steroid dienone is 1. The number of benzene rings is 1. The Morgan fingerprint density at radius 1 is 1.50 bits per heavy atom. The van der Waals surface area contributed by atoms with E-state index in [1.165, 1.54) is 6.08 Å². The van der Waals surface area contributed by atoms with Gasteiger partial charge < -0.3 is 10.1 Å². The van der Waals surface area contributed by atoms with Crippen molar-refractivity contribution in [3.63, 3.8) is 0 Å². The SMILES string of the molecule is CCC(C)(C#N)NC(=O)/C=C(\C)c1ccccc1OC. The number of methoxy groups -OCH3 is 1. The highest BCUT2D eigenvalue weighted by Crippen LogP contribution is 2.25. The molecule has 1 amide bonds. The number of nitriles is 1. The van der Waals surface area contributed by atoms with E-state index >= 15 is 0 Å². The molecule has 1 aromatic carbocycles. The van der Waals surface area contributed by atoms with Crippen LogP contribution in [0.15, 0.2) is 30.3 Å². The van der Waals surface area contributed by atoms with E-state index in [4.69, 9.17) is 10.00 Å². The summed E-state index contributed by atoms with van der Waals surface area (Å²) in [6.45, 7) is 5.41. The largest absolute Gasteiger partial charge is 0.496 e. The molecule has 0 spiro atoms. The van der Waals surface area contributed by atoms with E-state index in [1.807, 2.05) is 38.1 Å². The Bertz CT molecular complexity index is 558. The fourth-order valence-corrected chi connectivity index (χ4v) is 1.75. The van der Waals surface area contributed by atoms with Crippen LogP contribution >= 0.6 is 0 Å². The molecule has 1 aromatic rings.